The smallest absolute Gasteiger partial charge is 0.0462 e. The second-order valence-electron chi connectivity index (χ2n) is 3.95. The quantitative estimate of drug-likeness (QED) is 0.529. The number of alkyl halides is 1. The van der Waals surface area contributed by atoms with Gasteiger partial charge in [-0.3, -0.25) is 0 Å². The summed E-state index contributed by atoms with van der Waals surface area (Å²) in [6.45, 7) is 6.44. The molecule has 1 N–H and O–H groups in total. The van der Waals surface area contributed by atoms with Crippen LogP contribution in [0.5, 0.6) is 0 Å². The van der Waals surface area contributed by atoms with Gasteiger partial charge in [-0.25, -0.2) is 0 Å². The van der Waals surface area contributed by atoms with E-state index < -0.39 is 0 Å². The van der Waals surface area contributed by atoms with Crippen LogP contribution in [0.1, 0.15) is 33.1 Å². The first-order valence-electron chi connectivity index (χ1n) is 4.92. The zero-order valence-electron chi connectivity index (χ0n) is 9.03. The van der Waals surface area contributed by atoms with Gasteiger partial charge in [0.1, 0.15) is 0 Å². The predicted octanol–water partition coefficient (Wildman–Crippen LogP) is 2.57. The van der Waals surface area contributed by atoms with E-state index >= 15 is 0 Å². The fraction of sp³-hybridized carbons (Fsp3) is 1.00. The van der Waals surface area contributed by atoms with E-state index in [1.807, 2.05) is 0 Å². The lowest BCUT2D eigenvalue weighted by molar-refractivity contribution is 0.191. The van der Waals surface area contributed by atoms with Gasteiger partial charge in [-0.15, -0.1) is 0 Å². The van der Waals surface area contributed by atoms with E-state index in [0.29, 0.717) is 0 Å². The van der Waals surface area contributed by atoms with Crippen molar-refractivity contribution in [3.05, 3.63) is 0 Å². The lowest BCUT2D eigenvalue weighted by Gasteiger charge is -2.25. The molecule has 0 aromatic heterocycles. The van der Waals surface area contributed by atoms with Crippen molar-refractivity contribution in [2.24, 2.45) is 0 Å². The van der Waals surface area contributed by atoms with Crippen molar-refractivity contribution >= 4 is 15.9 Å². The van der Waals surface area contributed by atoms with E-state index in [9.17, 15) is 0 Å². The van der Waals surface area contributed by atoms with Gasteiger partial charge in [0.15, 0.2) is 0 Å². The second kappa shape index (κ2) is 7.77. The lowest BCUT2D eigenvalue weighted by Crippen LogP contribution is -2.40. The van der Waals surface area contributed by atoms with Crippen molar-refractivity contribution < 1.29 is 4.74 Å². The van der Waals surface area contributed by atoms with Gasteiger partial charge in [-0.1, -0.05) is 15.9 Å². The van der Waals surface area contributed by atoms with Gasteiger partial charge in [0.25, 0.3) is 0 Å². The maximum atomic E-state index is 4.99. The summed E-state index contributed by atoms with van der Waals surface area (Å²) in [4.78, 5) is 0. The van der Waals surface area contributed by atoms with E-state index in [2.05, 4.69) is 35.1 Å². The molecule has 0 atom stereocenters. The largest absolute Gasteiger partial charge is 0.385 e. The number of ether oxygens (including phenoxy) is 1. The van der Waals surface area contributed by atoms with E-state index in [0.717, 1.165) is 31.3 Å². The molecule has 0 aromatic rings. The topological polar surface area (TPSA) is 21.3 Å². The molecule has 0 aliphatic heterocycles. The van der Waals surface area contributed by atoms with Crippen molar-refractivity contribution in [1.82, 2.24) is 5.32 Å². The summed E-state index contributed by atoms with van der Waals surface area (Å²) in [5.41, 5.74) is 0.260. The summed E-state index contributed by atoms with van der Waals surface area (Å²) in [5, 5.41) is 4.59. The van der Waals surface area contributed by atoms with Crippen molar-refractivity contribution in [2.45, 2.75) is 38.6 Å². The molecule has 0 rings (SSSR count). The van der Waals surface area contributed by atoms with Crippen LogP contribution in [0.25, 0.3) is 0 Å². The SMILES string of the molecule is COCCCCNC(C)(C)CCBr. The van der Waals surface area contributed by atoms with E-state index in [-0.39, 0.29) is 5.54 Å². The molecule has 0 saturated carbocycles. The van der Waals surface area contributed by atoms with Crippen LogP contribution in [0.2, 0.25) is 0 Å². The van der Waals surface area contributed by atoms with E-state index in [4.69, 9.17) is 4.74 Å². The molecule has 0 heterocycles. The third kappa shape index (κ3) is 8.72. The molecule has 0 radical (unpaired) electrons. The normalized spacial score (nSPS) is 12.0. The molecule has 0 amide bonds. The van der Waals surface area contributed by atoms with Crippen LogP contribution < -0.4 is 5.32 Å². The highest BCUT2D eigenvalue weighted by Gasteiger charge is 2.14. The fourth-order valence-corrected chi connectivity index (χ4v) is 2.11. The van der Waals surface area contributed by atoms with Gasteiger partial charge in [-0.2, -0.15) is 0 Å². The highest BCUT2D eigenvalue weighted by Crippen LogP contribution is 2.09. The van der Waals surface area contributed by atoms with Crippen LogP contribution in [0.15, 0.2) is 0 Å². The predicted molar refractivity (Wildman–Crippen MR) is 61.6 cm³/mol. The molecule has 2 nitrogen and oxygen atoms in total. The van der Waals surface area contributed by atoms with Crippen molar-refractivity contribution in [3.8, 4) is 0 Å². The Hall–Kier alpha value is 0.400. The molecule has 0 bridgehead atoms. The molecule has 0 spiro atoms. The molecule has 80 valence electrons. The lowest BCUT2D eigenvalue weighted by atomic mass is 10.0. The Labute approximate surface area is 90.6 Å². The number of methoxy groups -OCH3 is 1. The Morgan fingerprint density at radius 2 is 2.00 bits per heavy atom. The molecule has 0 fully saturated rings. The zero-order valence-corrected chi connectivity index (χ0v) is 10.6. The molecule has 0 unspecified atom stereocenters. The standard InChI is InChI=1S/C10H22BrNO/c1-10(2,6-7-11)12-8-4-5-9-13-3/h12H,4-9H2,1-3H3. The first-order valence-corrected chi connectivity index (χ1v) is 6.04. The van der Waals surface area contributed by atoms with Gasteiger partial charge in [-0.05, 0) is 39.7 Å². The number of halogens is 1. The molecule has 0 aliphatic rings. The van der Waals surface area contributed by atoms with Gasteiger partial charge in [0.2, 0.25) is 0 Å². The van der Waals surface area contributed by atoms with Crippen LogP contribution in [0.4, 0.5) is 0 Å². The summed E-state index contributed by atoms with van der Waals surface area (Å²) in [6, 6.07) is 0. The summed E-state index contributed by atoms with van der Waals surface area (Å²) in [6.07, 6.45) is 3.50. The minimum Gasteiger partial charge on any atom is -0.385 e. The Morgan fingerprint density at radius 1 is 1.31 bits per heavy atom. The highest BCUT2D eigenvalue weighted by atomic mass is 79.9. The third-order valence-corrected chi connectivity index (χ3v) is 2.49. The summed E-state index contributed by atoms with van der Waals surface area (Å²) in [7, 11) is 1.75. The van der Waals surface area contributed by atoms with Crippen LogP contribution in [0, 0.1) is 0 Å². The van der Waals surface area contributed by atoms with Gasteiger partial charge < -0.3 is 10.1 Å². The minimum atomic E-state index is 0.260. The van der Waals surface area contributed by atoms with Crippen molar-refractivity contribution in [1.29, 1.82) is 0 Å². The van der Waals surface area contributed by atoms with Crippen LogP contribution in [-0.2, 0) is 4.74 Å². The number of hydrogen-bond acceptors (Lipinski definition) is 2. The Balaban J connectivity index is 3.29. The number of nitrogens with one attached hydrogen (secondary N) is 1. The van der Waals surface area contributed by atoms with Crippen LogP contribution in [0.3, 0.4) is 0 Å². The minimum absolute atomic E-state index is 0.260. The Morgan fingerprint density at radius 3 is 2.54 bits per heavy atom. The zero-order chi connectivity index (χ0) is 10.2. The fourth-order valence-electron chi connectivity index (χ4n) is 1.12. The van der Waals surface area contributed by atoms with Crippen molar-refractivity contribution in [3.63, 3.8) is 0 Å². The number of unbranched alkanes of at least 4 members (excludes halogenated alkanes) is 1. The Bertz CT molecular complexity index is 117. The molecule has 0 aliphatic carbocycles. The molecule has 13 heavy (non-hydrogen) atoms. The molecule has 0 aromatic carbocycles. The summed E-state index contributed by atoms with van der Waals surface area (Å²) >= 11 is 3.46. The monoisotopic (exact) mass is 251 g/mol. The van der Waals surface area contributed by atoms with Gasteiger partial charge in [0.05, 0.1) is 0 Å². The average Bonchev–Trinajstić information content (AvgIpc) is 2.04. The number of rotatable bonds is 8. The van der Waals surface area contributed by atoms with Crippen molar-refractivity contribution in [2.75, 3.05) is 25.6 Å². The van der Waals surface area contributed by atoms with Crippen LogP contribution >= 0.6 is 15.9 Å². The molecule has 0 saturated heterocycles. The summed E-state index contributed by atoms with van der Waals surface area (Å²) in [5.74, 6) is 0. The van der Waals surface area contributed by atoms with E-state index in [1.165, 1.54) is 6.42 Å². The third-order valence-electron chi connectivity index (χ3n) is 2.10. The Kier molecular flexibility index (Phi) is 8.01. The molecular weight excluding hydrogens is 230 g/mol. The average molecular weight is 252 g/mol. The number of hydrogen-bond donors (Lipinski definition) is 1. The van der Waals surface area contributed by atoms with Gasteiger partial charge >= 0.3 is 0 Å². The maximum Gasteiger partial charge on any atom is 0.0462 e. The highest BCUT2D eigenvalue weighted by molar-refractivity contribution is 9.09. The van der Waals surface area contributed by atoms with Crippen LogP contribution in [-0.4, -0.2) is 31.1 Å². The molecule has 3 heteroatoms. The van der Waals surface area contributed by atoms with Gasteiger partial charge in [0, 0.05) is 24.6 Å². The maximum absolute atomic E-state index is 4.99. The first kappa shape index (κ1) is 13.4. The summed E-state index contributed by atoms with van der Waals surface area (Å²) < 4.78 is 4.99. The second-order valence-corrected chi connectivity index (χ2v) is 4.74. The first-order chi connectivity index (χ1) is 6.12. The van der Waals surface area contributed by atoms with E-state index in [1.54, 1.807) is 7.11 Å². The molecular formula is C10H22BrNO.